The van der Waals surface area contributed by atoms with Crippen LogP contribution in [0.2, 0.25) is 0 Å². The van der Waals surface area contributed by atoms with E-state index in [-0.39, 0.29) is 16.7 Å². The average Bonchev–Trinajstić information content (AvgIpc) is 3.19. The minimum absolute atomic E-state index is 0.116. The molecule has 1 unspecified atom stereocenters. The van der Waals surface area contributed by atoms with Crippen LogP contribution < -0.4 is 0 Å². The van der Waals surface area contributed by atoms with E-state index in [1.165, 1.54) is 31.7 Å². The second kappa shape index (κ2) is 8.62. The van der Waals surface area contributed by atoms with Gasteiger partial charge < -0.3 is 4.90 Å². The van der Waals surface area contributed by atoms with Gasteiger partial charge in [-0.15, -0.1) is 0 Å². The van der Waals surface area contributed by atoms with E-state index in [4.69, 9.17) is 0 Å². The summed E-state index contributed by atoms with van der Waals surface area (Å²) in [6.45, 7) is 5.22. The summed E-state index contributed by atoms with van der Waals surface area (Å²) in [4.78, 5) is 27.4. The first-order valence-electron chi connectivity index (χ1n) is 9.81. The maximum atomic E-state index is 12.5. The number of hydrogen-bond acceptors (Lipinski definition) is 4. The Labute approximate surface area is 155 Å². The second-order valence-corrected chi connectivity index (χ2v) is 7.63. The lowest BCUT2D eigenvalue weighted by atomic mass is 10.0. The SMILES string of the molecule is CC(c1cccc([N+](=O)[O-])c1)N1CCN(C(=O)CCC2CCCC2)CC1. The van der Waals surface area contributed by atoms with Gasteiger partial charge in [0.1, 0.15) is 0 Å². The number of nitro groups is 1. The molecule has 0 spiro atoms. The standard InChI is InChI=1S/C20H29N3O3/c1-16(18-7-4-8-19(15-18)23(25)26)21-11-13-22(14-12-21)20(24)10-9-17-5-2-3-6-17/h4,7-8,15-17H,2-3,5-6,9-14H2,1H3. The highest BCUT2D eigenvalue weighted by atomic mass is 16.6. The van der Waals surface area contributed by atoms with Gasteiger partial charge in [-0.25, -0.2) is 0 Å². The van der Waals surface area contributed by atoms with Gasteiger partial charge in [0.25, 0.3) is 5.69 Å². The molecule has 1 aliphatic carbocycles. The number of carbonyl (C=O) groups excluding carboxylic acids is 1. The minimum atomic E-state index is -0.350. The van der Waals surface area contributed by atoms with E-state index >= 15 is 0 Å². The molecular formula is C20H29N3O3. The summed E-state index contributed by atoms with van der Waals surface area (Å²) in [6, 6.07) is 6.98. The first-order chi connectivity index (χ1) is 12.5. The van der Waals surface area contributed by atoms with E-state index in [9.17, 15) is 14.9 Å². The number of amides is 1. The Morgan fingerprint density at radius 1 is 1.23 bits per heavy atom. The molecule has 26 heavy (non-hydrogen) atoms. The molecular weight excluding hydrogens is 330 g/mol. The Bertz CT molecular complexity index is 635. The van der Waals surface area contributed by atoms with Crippen molar-refractivity contribution in [3.8, 4) is 0 Å². The van der Waals surface area contributed by atoms with Crippen LogP contribution in [0.5, 0.6) is 0 Å². The van der Waals surface area contributed by atoms with Crippen molar-refractivity contribution in [1.82, 2.24) is 9.80 Å². The third-order valence-electron chi connectivity index (χ3n) is 6.02. The van der Waals surface area contributed by atoms with Gasteiger partial charge >= 0.3 is 0 Å². The molecule has 0 aromatic heterocycles. The van der Waals surface area contributed by atoms with Gasteiger partial charge in [-0.2, -0.15) is 0 Å². The highest BCUT2D eigenvalue weighted by molar-refractivity contribution is 5.76. The molecule has 1 aliphatic heterocycles. The molecule has 6 nitrogen and oxygen atoms in total. The molecule has 1 saturated carbocycles. The zero-order chi connectivity index (χ0) is 18.5. The number of benzene rings is 1. The highest BCUT2D eigenvalue weighted by Crippen LogP contribution is 2.29. The second-order valence-electron chi connectivity index (χ2n) is 7.63. The van der Waals surface area contributed by atoms with Crippen molar-refractivity contribution in [2.24, 2.45) is 5.92 Å². The molecule has 2 fully saturated rings. The van der Waals surface area contributed by atoms with Crippen LogP contribution >= 0.6 is 0 Å². The fourth-order valence-corrected chi connectivity index (χ4v) is 4.25. The van der Waals surface area contributed by atoms with Crippen LogP contribution in [0.3, 0.4) is 0 Å². The quantitative estimate of drug-likeness (QED) is 0.573. The number of rotatable bonds is 6. The normalized spacial score (nSPS) is 20.3. The van der Waals surface area contributed by atoms with Crippen molar-refractivity contribution in [2.45, 2.75) is 51.5 Å². The number of carbonyl (C=O) groups is 1. The van der Waals surface area contributed by atoms with Gasteiger partial charge in [-0.05, 0) is 24.8 Å². The fraction of sp³-hybridized carbons (Fsp3) is 0.650. The van der Waals surface area contributed by atoms with E-state index in [2.05, 4.69) is 11.8 Å². The lowest BCUT2D eigenvalue weighted by Crippen LogP contribution is -2.49. The number of non-ortho nitro benzene ring substituents is 1. The Morgan fingerprint density at radius 2 is 1.92 bits per heavy atom. The van der Waals surface area contributed by atoms with Crippen LogP contribution in [0, 0.1) is 16.0 Å². The average molecular weight is 359 g/mol. The Balaban J connectivity index is 1.48. The molecule has 1 aromatic rings. The summed E-state index contributed by atoms with van der Waals surface area (Å²) in [5, 5.41) is 11.0. The highest BCUT2D eigenvalue weighted by Gasteiger charge is 2.26. The van der Waals surface area contributed by atoms with E-state index in [0.29, 0.717) is 12.3 Å². The summed E-state index contributed by atoms with van der Waals surface area (Å²) < 4.78 is 0. The smallest absolute Gasteiger partial charge is 0.269 e. The van der Waals surface area contributed by atoms with Crippen molar-refractivity contribution < 1.29 is 9.72 Å². The molecule has 1 atom stereocenters. The first kappa shape index (κ1) is 18.8. The fourth-order valence-electron chi connectivity index (χ4n) is 4.25. The van der Waals surface area contributed by atoms with Crippen molar-refractivity contribution in [1.29, 1.82) is 0 Å². The van der Waals surface area contributed by atoms with Crippen molar-refractivity contribution in [3.63, 3.8) is 0 Å². The van der Waals surface area contributed by atoms with Gasteiger partial charge in [0.2, 0.25) is 5.91 Å². The number of piperazine rings is 1. The Kier molecular flexibility index (Phi) is 6.25. The van der Waals surface area contributed by atoms with Gasteiger partial charge in [0, 0.05) is 50.8 Å². The van der Waals surface area contributed by atoms with Crippen molar-refractivity contribution >= 4 is 11.6 Å². The third-order valence-corrected chi connectivity index (χ3v) is 6.02. The lowest BCUT2D eigenvalue weighted by molar-refractivity contribution is -0.385. The molecule has 6 heteroatoms. The summed E-state index contributed by atoms with van der Waals surface area (Å²) in [5.74, 6) is 1.05. The monoisotopic (exact) mass is 359 g/mol. The van der Waals surface area contributed by atoms with Crippen LogP contribution in [0.25, 0.3) is 0 Å². The van der Waals surface area contributed by atoms with Crippen LogP contribution in [0.1, 0.15) is 57.1 Å². The summed E-state index contributed by atoms with van der Waals surface area (Å²) >= 11 is 0. The molecule has 2 aliphatic rings. The lowest BCUT2D eigenvalue weighted by Gasteiger charge is -2.38. The molecule has 0 bridgehead atoms. The number of hydrogen-bond donors (Lipinski definition) is 0. The van der Waals surface area contributed by atoms with Crippen molar-refractivity contribution in [3.05, 3.63) is 39.9 Å². The molecule has 0 N–H and O–H groups in total. The van der Waals surface area contributed by atoms with Crippen LogP contribution in [0.15, 0.2) is 24.3 Å². The zero-order valence-corrected chi connectivity index (χ0v) is 15.6. The van der Waals surface area contributed by atoms with Crippen LogP contribution in [0.4, 0.5) is 5.69 Å². The molecule has 3 rings (SSSR count). The van der Waals surface area contributed by atoms with E-state index < -0.39 is 0 Å². The van der Waals surface area contributed by atoms with E-state index in [1.807, 2.05) is 11.0 Å². The van der Waals surface area contributed by atoms with Crippen LogP contribution in [-0.2, 0) is 4.79 Å². The summed E-state index contributed by atoms with van der Waals surface area (Å²) in [5.41, 5.74) is 1.09. The van der Waals surface area contributed by atoms with Gasteiger partial charge in [0.05, 0.1) is 4.92 Å². The predicted molar refractivity (Wildman–Crippen MR) is 101 cm³/mol. The third kappa shape index (κ3) is 4.61. The molecule has 142 valence electrons. The minimum Gasteiger partial charge on any atom is -0.340 e. The number of nitrogens with zero attached hydrogens (tertiary/aromatic N) is 3. The Morgan fingerprint density at radius 3 is 2.58 bits per heavy atom. The van der Waals surface area contributed by atoms with Crippen molar-refractivity contribution in [2.75, 3.05) is 26.2 Å². The largest absolute Gasteiger partial charge is 0.340 e. The molecule has 1 heterocycles. The predicted octanol–water partition coefficient (Wildman–Crippen LogP) is 3.77. The molecule has 1 aromatic carbocycles. The van der Waals surface area contributed by atoms with E-state index in [1.54, 1.807) is 12.1 Å². The van der Waals surface area contributed by atoms with Gasteiger partial charge in [-0.1, -0.05) is 37.8 Å². The van der Waals surface area contributed by atoms with Crippen LogP contribution in [-0.4, -0.2) is 46.8 Å². The van der Waals surface area contributed by atoms with E-state index in [0.717, 1.165) is 44.1 Å². The molecule has 0 radical (unpaired) electrons. The Hall–Kier alpha value is -1.95. The molecule has 1 saturated heterocycles. The maximum absolute atomic E-state index is 12.5. The summed E-state index contributed by atoms with van der Waals surface area (Å²) in [7, 11) is 0. The number of nitro benzene ring substituents is 1. The summed E-state index contributed by atoms with van der Waals surface area (Å²) in [6.07, 6.45) is 6.97. The van der Waals surface area contributed by atoms with Gasteiger partial charge in [0.15, 0.2) is 0 Å². The topological polar surface area (TPSA) is 66.7 Å². The molecule has 1 amide bonds. The van der Waals surface area contributed by atoms with Gasteiger partial charge in [-0.3, -0.25) is 19.8 Å². The first-order valence-corrected chi connectivity index (χ1v) is 9.81. The maximum Gasteiger partial charge on any atom is 0.269 e. The zero-order valence-electron chi connectivity index (χ0n) is 15.6.